The van der Waals surface area contributed by atoms with E-state index in [2.05, 4.69) is 0 Å². The second kappa shape index (κ2) is 6.79. The highest BCUT2D eigenvalue weighted by molar-refractivity contribution is 5.81. The van der Waals surface area contributed by atoms with Crippen LogP contribution < -0.4 is 0 Å². The number of allylic oxidation sites excluding steroid dienone is 1. The Balaban J connectivity index is 3.12. The number of ether oxygens (including phenoxy) is 2. The fourth-order valence-electron chi connectivity index (χ4n) is 1.76. The smallest absolute Gasteiger partial charge is 0.355 e. The van der Waals surface area contributed by atoms with Gasteiger partial charge in [-0.1, -0.05) is 42.8 Å². The molecule has 21 heavy (non-hydrogen) atoms. The van der Waals surface area contributed by atoms with E-state index in [0.717, 1.165) is 17.5 Å². The van der Waals surface area contributed by atoms with Gasteiger partial charge in [-0.3, -0.25) is 0 Å². The molecule has 0 saturated carbocycles. The topological polar surface area (TPSA) is 35.5 Å². The molecule has 0 heterocycles. The fourth-order valence-corrected chi connectivity index (χ4v) is 1.76. The first-order valence-corrected chi connectivity index (χ1v) is 7.32. The summed E-state index contributed by atoms with van der Waals surface area (Å²) in [6.07, 6.45) is 4.29. The van der Waals surface area contributed by atoms with Crippen molar-refractivity contribution < 1.29 is 14.3 Å². The average molecular weight is 290 g/mol. The molecular formula is C18H26O3. The first kappa shape index (κ1) is 17.3. The number of carbonyl (C=O) groups excluding carboxylic acids is 1. The molecule has 0 fully saturated rings. The van der Waals surface area contributed by atoms with Gasteiger partial charge in [0.15, 0.2) is 0 Å². The number of carbonyl (C=O) groups is 1. The van der Waals surface area contributed by atoms with E-state index in [4.69, 9.17) is 9.47 Å². The highest BCUT2D eigenvalue weighted by Crippen LogP contribution is 2.29. The zero-order valence-electron chi connectivity index (χ0n) is 13.9. The van der Waals surface area contributed by atoms with Crippen LogP contribution in [0.2, 0.25) is 0 Å². The van der Waals surface area contributed by atoms with Crippen molar-refractivity contribution in [2.24, 2.45) is 0 Å². The minimum Gasteiger partial charge on any atom is -0.479 e. The van der Waals surface area contributed by atoms with Crippen molar-refractivity contribution in [3.63, 3.8) is 0 Å². The minimum absolute atomic E-state index is 0.389. The zero-order valence-corrected chi connectivity index (χ0v) is 13.9. The second-order valence-electron chi connectivity index (χ2n) is 6.30. The molecule has 0 radical (unpaired) electrons. The van der Waals surface area contributed by atoms with Gasteiger partial charge in [-0.25, -0.2) is 4.79 Å². The molecule has 0 N–H and O–H groups in total. The molecule has 0 aliphatic rings. The molecule has 0 bridgehead atoms. The van der Waals surface area contributed by atoms with E-state index < -0.39 is 11.2 Å². The monoisotopic (exact) mass is 290 g/mol. The van der Waals surface area contributed by atoms with Crippen LogP contribution in [0.3, 0.4) is 0 Å². The summed E-state index contributed by atoms with van der Waals surface area (Å²) < 4.78 is 11.3. The molecule has 1 rings (SSSR count). The Morgan fingerprint density at radius 3 is 2.19 bits per heavy atom. The van der Waals surface area contributed by atoms with Crippen LogP contribution in [-0.4, -0.2) is 11.6 Å². The van der Waals surface area contributed by atoms with E-state index in [1.165, 1.54) is 0 Å². The molecule has 0 aromatic heterocycles. The van der Waals surface area contributed by atoms with Crippen LogP contribution in [0.4, 0.5) is 0 Å². The lowest BCUT2D eigenvalue weighted by molar-refractivity contribution is -0.177. The van der Waals surface area contributed by atoms with E-state index in [-0.39, 0.29) is 5.97 Å². The first-order valence-electron chi connectivity index (χ1n) is 7.32. The Hall–Kier alpha value is -1.77. The molecular weight excluding hydrogens is 264 g/mol. The lowest BCUT2D eigenvalue weighted by Crippen LogP contribution is -2.40. The van der Waals surface area contributed by atoms with E-state index in [0.29, 0.717) is 0 Å². The van der Waals surface area contributed by atoms with E-state index in [1.807, 2.05) is 65.0 Å². The summed E-state index contributed by atoms with van der Waals surface area (Å²) in [5.41, 5.74) is 0.213. The van der Waals surface area contributed by atoms with Gasteiger partial charge in [0.1, 0.15) is 5.60 Å². The van der Waals surface area contributed by atoms with Crippen molar-refractivity contribution >= 4 is 5.97 Å². The third-order valence-electron chi connectivity index (χ3n) is 3.03. The fraction of sp³-hybridized carbons (Fsp3) is 0.500. The summed E-state index contributed by atoms with van der Waals surface area (Å²) in [4.78, 5) is 12.6. The third kappa shape index (κ3) is 4.92. The second-order valence-corrected chi connectivity index (χ2v) is 6.30. The molecule has 116 valence electrons. The Morgan fingerprint density at radius 1 is 1.14 bits per heavy atom. The van der Waals surface area contributed by atoms with Crippen molar-refractivity contribution in [3.8, 4) is 0 Å². The maximum absolute atomic E-state index is 12.6. The summed E-state index contributed by atoms with van der Waals surface area (Å²) in [5.74, 6) is -0.389. The third-order valence-corrected chi connectivity index (χ3v) is 3.03. The predicted molar refractivity (Wildman–Crippen MR) is 84.9 cm³/mol. The summed E-state index contributed by atoms with van der Waals surface area (Å²) in [7, 11) is 0. The number of rotatable bonds is 5. The van der Waals surface area contributed by atoms with Gasteiger partial charge in [0.2, 0.25) is 5.60 Å². The van der Waals surface area contributed by atoms with Gasteiger partial charge < -0.3 is 9.47 Å². The van der Waals surface area contributed by atoms with Gasteiger partial charge in [0.05, 0.1) is 6.26 Å². The molecule has 1 aromatic carbocycles. The van der Waals surface area contributed by atoms with Crippen molar-refractivity contribution in [2.45, 2.75) is 59.2 Å². The Bertz CT molecular complexity index is 494. The quantitative estimate of drug-likeness (QED) is 0.592. The van der Waals surface area contributed by atoms with Gasteiger partial charge >= 0.3 is 5.97 Å². The number of benzene rings is 1. The zero-order chi connectivity index (χ0) is 16.1. The van der Waals surface area contributed by atoms with Crippen LogP contribution in [0.25, 0.3) is 0 Å². The number of hydrogen-bond donors (Lipinski definition) is 0. The van der Waals surface area contributed by atoms with Crippen molar-refractivity contribution in [2.75, 3.05) is 0 Å². The van der Waals surface area contributed by atoms with Crippen LogP contribution in [0.15, 0.2) is 36.6 Å². The molecule has 1 atom stereocenters. The Morgan fingerprint density at radius 2 is 1.71 bits per heavy atom. The van der Waals surface area contributed by atoms with Gasteiger partial charge in [0, 0.05) is 5.56 Å². The van der Waals surface area contributed by atoms with Crippen LogP contribution >= 0.6 is 0 Å². The lowest BCUT2D eigenvalue weighted by atomic mass is 9.94. The highest BCUT2D eigenvalue weighted by atomic mass is 16.6. The van der Waals surface area contributed by atoms with Gasteiger partial charge in [-0.15, -0.1) is 0 Å². The van der Waals surface area contributed by atoms with E-state index in [9.17, 15) is 4.79 Å². The van der Waals surface area contributed by atoms with Crippen LogP contribution in [0.1, 0.15) is 52.2 Å². The molecule has 0 amide bonds. The molecule has 1 aromatic rings. The number of aryl methyl sites for hydroxylation is 1. The van der Waals surface area contributed by atoms with Gasteiger partial charge in [0.25, 0.3) is 0 Å². The van der Waals surface area contributed by atoms with Gasteiger partial charge in [-0.2, -0.15) is 0 Å². The molecule has 3 nitrogen and oxygen atoms in total. The summed E-state index contributed by atoms with van der Waals surface area (Å²) >= 11 is 0. The van der Waals surface area contributed by atoms with Crippen molar-refractivity contribution in [1.82, 2.24) is 0 Å². The van der Waals surface area contributed by atoms with E-state index in [1.54, 1.807) is 13.2 Å². The number of hydrogen-bond acceptors (Lipinski definition) is 3. The summed E-state index contributed by atoms with van der Waals surface area (Å²) in [5, 5.41) is 0. The predicted octanol–water partition coefficient (Wildman–Crippen LogP) is 4.49. The lowest BCUT2D eigenvalue weighted by Gasteiger charge is -2.31. The molecule has 0 aliphatic heterocycles. The minimum atomic E-state index is -1.15. The van der Waals surface area contributed by atoms with Gasteiger partial charge in [-0.05, 0) is 41.0 Å². The van der Waals surface area contributed by atoms with Crippen LogP contribution in [0, 0.1) is 6.92 Å². The first-order chi connectivity index (χ1) is 9.69. The maximum atomic E-state index is 12.6. The number of esters is 1. The van der Waals surface area contributed by atoms with Crippen molar-refractivity contribution in [3.05, 3.63) is 47.7 Å². The summed E-state index contributed by atoms with van der Waals surface area (Å²) in [6.45, 7) is 11.3. The van der Waals surface area contributed by atoms with Crippen molar-refractivity contribution in [1.29, 1.82) is 0 Å². The standard InChI is InChI=1S/C18H26O3/c1-7-8-13-20-18(6,16(19)21-17(3,4)5)15-11-9-14(2)10-12-15/h8-13H,7H2,1-6H3. The van der Waals surface area contributed by atoms with Crippen LogP contribution in [-0.2, 0) is 19.9 Å². The largest absolute Gasteiger partial charge is 0.479 e. The van der Waals surface area contributed by atoms with Crippen LogP contribution in [0.5, 0.6) is 0 Å². The Kier molecular flexibility index (Phi) is 5.59. The van der Waals surface area contributed by atoms with E-state index >= 15 is 0 Å². The summed E-state index contributed by atoms with van der Waals surface area (Å²) in [6, 6.07) is 7.73. The molecule has 0 saturated heterocycles. The highest BCUT2D eigenvalue weighted by Gasteiger charge is 2.40. The molecule has 0 spiro atoms. The maximum Gasteiger partial charge on any atom is 0.355 e. The Labute approximate surface area is 128 Å². The normalized spacial score (nSPS) is 14.8. The average Bonchev–Trinajstić information content (AvgIpc) is 2.37. The molecule has 0 aliphatic carbocycles. The molecule has 1 unspecified atom stereocenters. The SMILES string of the molecule is CCC=COC(C)(C(=O)OC(C)(C)C)c1ccc(C)cc1. The molecule has 3 heteroatoms.